The molecule has 27 heavy (non-hydrogen) atoms. The molecular formula is C21H24N2O4. The summed E-state index contributed by atoms with van der Waals surface area (Å²) in [5, 5.41) is 2.85. The van der Waals surface area contributed by atoms with E-state index < -0.39 is 0 Å². The smallest absolute Gasteiger partial charge is 0.227 e. The Morgan fingerprint density at radius 1 is 1.07 bits per heavy atom. The number of hydrogen-bond acceptors (Lipinski definition) is 4. The molecule has 1 aliphatic rings. The van der Waals surface area contributed by atoms with Crippen LogP contribution < -0.4 is 19.7 Å². The maximum atomic E-state index is 12.4. The van der Waals surface area contributed by atoms with Crippen molar-refractivity contribution in [2.75, 3.05) is 31.2 Å². The van der Waals surface area contributed by atoms with E-state index in [-0.39, 0.29) is 24.2 Å². The lowest BCUT2D eigenvalue weighted by atomic mass is 10.1. The van der Waals surface area contributed by atoms with E-state index in [0.29, 0.717) is 26.3 Å². The molecule has 6 heteroatoms. The Bertz CT molecular complexity index is 762. The molecule has 0 spiro atoms. The molecular weight excluding hydrogens is 344 g/mol. The van der Waals surface area contributed by atoms with E-state index in [1.165, 1.54) is 0 Å². The number of nitrogens with one attached hydrogen (secondary N) is 1. The number of rotatable bonds is 8. The van der Waals surface area contributed by atoms with Crippen LogP contribution in [-0.2, 0) is 9.59 Å². The quantitative estimate of drug-likeness (QED) is 0.728. The molecule has 142 valence electrons. The molecule has 1 saturated heterocycles. The number of carbonyl (C=O) groups is 2. The molecule has 1 unspecified atom stereocenters. The van der Waals surface area contributed by atoms with Gasteiger partial charge in [-0.1, -0.05) is 18.2 Å². The van der Waals surface area contributed by atoms with Crippen LogP contribution in [-0.4, -0.2) is 38.1 Å². The van der Waals surface area contributed by atoms with E-state index in [1.807, 2.05) is 61.5 Å². The number of nitrogens with zero attached hydrogens (tertiary/aromatic N) is 1. The fraction of sp³-hybridized carbons (Fsp3) is 0.333. The maximum Gasteiger partial charge on any atom is 0.227 e. The topological polar surface area (TPSA) is 67.9 Å². The van der Waals surface area contributed by atoms with Crippen LogP contribution >= 0.6 is 0 Å². The molecule has 1 atom stereocenters. The first-order valence-electron chi connectivity index (χ1n) is 9.16. The summed E-state index contributed by atoms with van der Waals surface area (Å²) in [6.07, 6.45) is 0.221. The SMILES string of the molecule is CCOc1ccc(N2CC(C(=O)NCCOc3ccccc3)CC2=O)cc1. The summed E-state index contributed by atoms with van der Waals surface area (Å²) >= 11 is 0. The minimum Gasteiger partial charge on any atom is -0.494 e. The zero-order valence-corrected chi connectivity index (χ0v) is 15.4. The summed E-state index contributed by atoms with van der Waals surface area (Å²) in [5.41, 5.74) is 0.783. The average Bonchev–Trinajstić information content (AvgIpc) is 3.09. The van der Waals surface area contributed by atoms with Gasteiger partial charge in [0, 0.05) is 18.7 Å². The van der Waals surface area contributed by atoms with E-state index in [4.69, 9.17) is 9.47 Å². The molecule has 2 amide bonds. The van der Waals surface area contributed by atoms with Gasteiger partial charge in [-0.25, -0.2) is 0 Å². The van der Waals surface area contributed by atoms with Gasteiger partial charge < -0.3 is 19.7 Å². The molecule has 2 aromatic carbocycles. The second kappa shape index (κ2) is 9.07. The number of anilines is 1. The fourth-order valence-corrected chi connectivity index (χ4v) is 3.03. The highest BCUT2D eigenvalue weighted by molar-refractivity contribution is 6.00. The minimum atomic E-state index is -0.346. The lowest BCUT2D eigenvalue weighted by molar-refractivity contribution is -0.126. The molecule has 0 aliphatic carbocycles. The largest absolute Gasteiger partial charge is 0.494 e. The number of amides is 2. The molecule has 0 radical (unpaired) electrons. The molecule has 2 aromatic rings. The first-order chi connectivity index (χ1) is 13.2. The summed E-state index contributed by atoms with van der Waals surface area (Å²) in [5.74, 6) is 1.03. The maximum absolute atomic E-state index is 12.4. The van der Waals surface area contributed by atoms with Gasteiger partial charge in [0.05, 0.1) is 19.1 Å². The molecule has 3 rings (SSSR count). The molecule has 0 bridgehead atoms. The van der Waals surface area contributed by atoms with E-state index >= 15 is 0 Å². The van der Waals surface area contributed by atoms with Crippen molar-refractivity contribution in [3.8, 4) is 11.5 Å². The Morgan fingerprint density at radius 3 is 2.48 bits per heavy atom. The Kier molecular flexibility index (Phi) is 6.30. The van der Waals surface area contributed by atoms with Crippen molar-refractivity contribution in [1.29, 1.82) is 0 Å². The fourth-order valence-electron chi connectivity index (χ4n) is 3.03. The Morgan fingerprint density at radius 2 is 1.78 bits per heavy atom. The number of benzene rings is 2. The third-order valence-corrected chi connectivity index (χ3v) is 4.37. The third kappa shape index (κ3) is 5.00. The van der Waals surface area contributed by atoms with Crippen LogP contribution in [0.4, 0.5) is 5.69 Å². The van der Waals surface area contributed by atoms with Gasteiger partial charge in [0.1, 0.15) is 18.1 Å². The van der Waals surface area contributed by atoms with Gasteiger partial charge in [0.2, 0.25) is 11.8 Å². The van der Waals surface area contributed by atoms with Crippen molar-refractivity contribution in [1.82, 2.24) is 5.32 Å². The zero-order valence-electron chi connectivity index (χ0n) is 15.4. The van der Waals surface area contributed by atoms with Crippen molar-refractivity contribution in [2.45, 2.75) is 13.3 Å². The standard InChI is InChI=1S/C21H24N2O4/c1-2-26-19-10-8-17(9-11-19)23-15-16(14-20(23)24)21(25)22-12-13-27-18-6-4-3-5-7-18/h3-11,16H,2,12-15H2,1H3,(H,22,25). The summed E-state index contributed by atoms with van der Waals surface area (Å²) < 4.78 is 11.0. The van der Waals surface area contributed by atoms with Gasteiger partial charge >= 0.3 is 0 Å². The van der Waals surface area contributed by atoms with Crippen molar-refractivity contribution < 1.29 is 19.1 Å². The minimum absolute atomic E-state index is 0.0418. The van der Waals surface area contributed by atoms with Crippen LogP contribution in [0.15, 0.2) is 54.6 Å². The van der Waals surface area contributed by atoms with E-state index in [0.717, 1.165) is 17.2 Å². The molecule has 1 fully saturated rings. The Labute approximate surface area is 159 Å². The number of carbonyl (C=O) groups excluding carboxylic acids is 2. The van der Waals surface area contributed by atoms with Gasteiger partial charge in [0.15, 0.2) is 0 Å². The molecule has 1 aliphatic heterocycles. The predicted molar refractivity (Wildman–Crippen MR) is 103 cm³/mol. The Balaban J connectivity index is 1.47. The predicted octanol–water partition coefficient (Wildman–Crippen LogP) is 2.63. The first kappa shape index (κ1) is 18.8. The highest BCUT2D eigenvalue weighted by Crippen LogP contribution is 2.27. The monoisotopic (exact) mass is 368 g/mol. The lowest BCUT2D eigenvalue weighted by Gasteiger charge is -2.17. The van der Waals surface area contributed by atoms with Crippen LogP contribution in [0.5, 0.6) is 11.5 Å². The number of ether oxygens (including phenoxy) is 2. The highest BCUT2D eigenvalue weighted by Gasteiger charge is 2.34. The van der Waals surface area contributed by atoms with Crippen molar-refractivity contribution >= 4 is 17.5 Å². The second-order valence-electron chi connectivity index (χ2n) is 6.28. The molecule has 1 heterocycles. The van der Waals surface area contributed by atoms with Crippen molar-refractivity contribution in [2.24, 2.45) is 5.92 Å². The van der Waals surface area contributed by atoms with Crippen LogP contribution in [0.3, 0.4) is 0 Å². The van der Waals surface area contributed by atoms with Crippen LogP contribution in [0.25, 0.3) is 0 Å². The second-order valence-corrected chi connectivity index (χ2v) is 6.28. The van der Waals surface area contributed by atoms with Gasteiger partial charge in [-0.05, 0) is 43.3 Å². The van der Waals surface area contributed by atoms with Crippen LogP contribution in [0, 0.1) is 5.92 Å². The number of hydrogen-bond donors (Lipinski definition) is 1. The van der Waals surface area contributed by atoms with Gasteiger partial charge in [-0.3, -0.25) is 9.59 Å². The third-order valence-electron chi connectivity index (χ3n) is 4.37. The molecule has 0 saturated carbocycles. The van der Waals surface area contributed by atoms with Crippen molar-refractivity contribution in [3.05, 3.63) is 54.6 Å². The summed E-state index contributed by atoms with van der Waals surface area (Å²) in [4.78, 5) is 26.3. The van der Waals surface area contributed by atoms with E-state index in [9.17, 15) is 9.59 Å². The van der Waals surface area contributed by atoms with Gasteiger partial charge in [-0.15, -0.1) is 0 Å². The van der Waals surface area contributed by atoms with Crippen LogP contribution in [0.1, 0.15) is 13.3 Å². The number of para-hydroxylation sites is 1. The average molecular weight is 368 g/mol. The van der Waals surface area contributed by atoms with Gasteiger partial charge in [-0.2, -0.15) is 0 Å². The summed E-state index contributed by atoms with van der Waals surface area (Å²) in [6, 6.07) is 16.8. The Hall–Kier alpha value is -3.02. The van der Waals surface area contributed by atoms with E-state index in [2.05, 4.69) is 5.32 Å². The van der Waals surface area contributed by atoms with Crippen molar-refractivity contribution in [3.63, 3.8) is 0 Å². The van der Waals surface area contributed by atoms with Crippen LogP contribution in [0.2, 0.25) is 0 Å². The van der Waals surface area contributed by atoms with E-state index in [1.54, 1.807) is 4.90 Å². The van der Waals surface area contributed by atoms with Gasteiger partial charge in [0.25, 0.3) is 0 Å². The first-order valence-corrected chi connectivity index (χ1v) is 9.16. The zero-order chi connectivity index (χ0) is 19.1. The summed E-state index contributed by atoms with van der Waals surface area (Å²) in [7, 11) is 0. The molecule has 1 N–H and O–H groups in total. The lowest BCUT2D eigenvalue weighted by Crippen LogP contribution is -2.35. The molecule has 6 nitrogen and oxygen atoms in total. The summed E-state index contributed by atoms with van der Waals surface area (Å²) in [6.45, 7) is 3.70. The normalized spacial score (nSPS) is 16.3. The molecule has 0 aromatic heterocycles. The highest BCUT2D eigenvalue weighted by atomic mass is 16.5.